The minimum atomic E-state index is 0.0975. The first-order valence-corrected chi connectivity index (χ1v) is 5.44. The molecule has 0 atom stereocenters. The smallest absolute Gasteiger partial charge is 0.223 e. The van der Waals surface area contributed by atoms with E-state index in [1.165, 1.54) is 0 Å². The Kier molecular flexibility index (Phi) is 4.63. The van der Waals surface area contributed by atoms with Crippen LogP contribution in [0.1, 0.15) is 48.0 Å². The molecule has 0 aliphatic carbocycles. The molecular formula is C12H25NO. The largest absolute Gasteiger partial charge is 0.343 e. The van der Waals surface area contributed by atoms with Gasteiger partial charge in [-0.3, -0.25) is 4.79 Å². The molecule has 1 amide bonds. The lowest BCUT2D eigenvalue weighted by Gasteiger charge is -2.31. The van der Waals surface area contributed by atoms with E-state index in [0.29, 0.717) is 18.4 Å². The highest BCUT2D eigenvalue weighted by Crippen LogP contribution is 2.30. The highest BCUT2D eigenvalue weighted by molar-refractivity contribution is 5.76. The third-order valence-corrected chi connectivity index (χ3v) is 3.34. The molecule has 2 nitrogen and oxygen atoms in total. The summed E-state index contributed by atoms with van der Waals surface area (Å²) in [6.45, 7) is 12.7. The topological polar surface area (TPSA) is 20.3 Å². The van der Waals surface area contributed by atoms with E-state index in [1.807, 2.05) is 25.8 Å². The van der Waals surface area contributed by atoms with Crippen molar-refractivity contribution in [2.45, 2.75) is 54.0 Å². The van der Waals surface area contributed by atoms with Crippen molar-refractivity contribution in [3.8, 4) is 0 Å². The average Bonchev–Trinajstić information content (AvgIpc) is 2.01. The van der Waals surface area contributed by atoms with Gasteiger partial charge in [-0.2, -0.15) is 0 Å². The van der Waals surface area contributed by atoms with Gasteiger partial charge in [0, 0.05) is 19.5 Å². The van der Waals surface area contributed by atoms with Gasteiger partial charge in [-0.1, -0.05) is 27.7 Å². The lowest BCUT2D eigenvalue weighted by molar-refractivity contribution is -0.134. The molecule has 0 aromatic heterocycles. The second-order valence-electron chi connectivity index (χ2n) is 5.42. The van der Waals surface area contributed by atoms with Gasteiger partial charge in [0.2, 0.25) is 5.91 Å². The molecule has 0 aromatic carbocycles. The average molecular weight is 199 g/mol. The van der Waals surface area contributed by atoms with Crippen molar-refractivity contribution in [1.29, 1.82) is 0 Å². The van der Waals surface area contributed by atoms with Crippen LogP contribution in [0.5, 0.6) is 0 Å². The van der Waals surface area contributed by atoms with Crippen LogP contribution in [0.4, 0.5) is 0 Å². The lowest BCUT2D eigenvalue weighted by atomic mass is 9.78. The van der Waals surface area contributed by atoms with Crippen LogP contribution < -0.4 is 0 Å². The van der Waals surface area contributed by atoms with Gasteiger partial charge < -0.3 is 4.90 Å². The van der Waals surface area contributed by atoms with Crippen molar-refractivity contribution in [3.05, 3.63) is 0 Å². The molecule has 0 unspecified atom stereocenters. The Balaban J connectivity index is 4.32. The maximum Gasteiger partial charge on any atom is 0.223 e. The van der Waals surface area contributed by atoms with Crippen molar-refractivity contribution in [2.75, 3.05) is 7.05 Å². The summed E-state index contributed by atoms with van der Waals surface area (Å²) in [6, 6.07) is 0.297. The van der Waals surface area contributed by atoms with Gasteiger partial charge in [-0.05, 0) is 25.2 Å². The summed E-state index contributed by atoms with van der Waals surface area (Å²) in [5, 5.41) is 0. The molecule has 0 spiro atoms. The molecule has 84 valence electrons. The number of rotatable bonds is 4. The zero-order valence-electron chi connectivity index (χ0n) is 10.7. The van der Waals surface area contributed by atoms with Crippen LogP contribution in [0, 0.1) is 11.3 Å². The lowest BCUT2D eigenvalue weighted by Crippen LogP contribution is -2.37. The molecule has 2 heteroatoms. The maximum atomic E-state index is 11.8. The Morgan fingerprint density at radius 2 is 1.64 bits per heavy atom. The van der Waals surface area contributed by atoms with Gasteiger partial charge in [-0.15, -0.1) is 0 Å². The van der Waals surface area contributed by atoms with Gasteiger partial charge in [0.25, 0.3) is 0 Å². The van der Waals surface area contributed by atoms with Gasteiger partial charge in [0.15, 0.2) is 0 Å². The zero-order valence-corrected chi connectivity index (χ0v) is 10.7. The minimum Gasteiger partial charge on any atom is -0.343 e. The Hall–Kier alpha value is -0.530. The van der Waals surface area contributed by atoms with Crippen LogP contribution >= 0.6 is 0 Å². The fourth-order valence-corrected chi connectivity index (χ4v) is 1.01. The molecule has 0 saturated carbocycles. The number of nitrogens with zero attached hydrogens (tertiary/aromatic N) is 1. The highest BCUT2D eigenvalue weighted by Gasteiger charge is 2.27. The maximum absolute atomic E-state index is 11.8. The molecule has 0 N–H and O–H groups in total. The van der Waals surface area contributed by atoms with Crippen LogP contribution in [0.3, 0.4) is 0 Å². The summed E-state index contributed by atoms with van der Waals surface area (Å²) in [5.74, 6) is 0.783. The van der Waals surface area contributed by atoms with Crippen molar-refractivity contribution in [1.82, 2.24) is 4.90 Å². The van der Waals surface area contributed by atoms with E-state index in [2.05, 4.69) is 27.7 Å². The Morgan fingerprint density at radius 1 is 1.21 bits per heavy atom. The Morgan fingerprint density at radius 3 is 1.93 bits per heavy atom. The van der Waals surface area contributed by atoms with E-state index in [0.717, 1.165) is 0 Å². The van der Waals surface area contributed by atoms with Crippen molar-refractivity contribution in [3.63, 3.8) is 0 Å². The summed E-state index contributed by atoms with van der Waals surface area (Å²) < 4.78 is 0. The molecule has 0 saturated heterocycles. The fraction of sp³-hybridized carbons (Fsp3) is 0.917. The SMILES string of the molecule is CC(C)N(C)C(=O)CC(C)(C)C(C)C. The molecule has 0 aliphatic rings. The van der Waals surface area contributed by atoms with E-state index in [9.17, 15) is 4.79 Å². The first kappa shape index (κ1) is 13.5. The van der Waals surface area contributed by atoms with Crippen LogP contribution in [0.25, 0.3) is 0 Å². The first-order chi connectivity index (χ1) is 6.18. The Labute approximate surface area is 88.7 Å². The first-order valence-electron chi connectivity index (χ1n) is 5.44. The summed E-state index contributed by atoms with van der Waals surface area (Å²) in [6.07, 6.45) is 0.638. The van der Waals surface area contributed by atoms with Gasteiger partial charge in [0.1, 0.15) is 0 Å². The van der Waals surface area contributed by atoms with E-state index < -0.39 is 0 Å². The number of carbonyl (C=O) groups is 1. The standard InChI is InChI=1S/C12H25NO/c1-9(2)12(5,6)8-11(14)13(7)10(3)4/h9-10H,8H2,1-7H3. The van der Waals surface area contributed by atoms with Crippen molar-refractivity contribution in [2.24, 2.45) is 11.3 Å². The summed E-state index contributed by atoms with van der Waals surface area (Å²) in [5.41, 5.74) is 0.0975. The molecule has 0 aliphatic heterocycles. The third-order valence-electron chi connectivity index (χ3n) is 3.34. The van der Waals surface area contributed by atoms with Crippen LogP contribution in [-0.4, -0.2) is 23.9 Å². The van der Waals surface area contributed by atoms with Crippen molar-refractivity contribution < 1.29 is 4.79 Å². The Bertz CT molecular complexity index is 194. The molecule has 0 rings (SSSR count). The van der Waals surface area contributed by atoms with Crippen LogP contribution in [0.15, 0.2) is 0 Å². The number of amides is 1. The summed E-state index contributed by atoms with van der Waals surface area (Å²) in [4.78, 5) is 13.7. The summed E-state index contributed by atoms with van der Waals surface area (Å²) >= 11 is 0. The number of hydrogen-bond acceptors (Lipinski definition) is 1. The van der Waals surface area contributed by atoms with Gasteiger partial charge >= 0.3 is 0 Å². The van der Waals surface area contributed by atoms with E-state index >= 15 is 0 Å². The third kappa shape index (κ3) is 3.69. The van der Waals surface area contributed by atoms with Crippen LogP contribution in [0.2, 0.25) is 0 Å². The normalized spacial score (nSPS) is 12.4. The molecule has 14 heavy (non-hydrogen) atoms. The van der Waals surface area contributed by atoms with Crippen LogP contribution in [-0.2, 0) is 4.79 Å². The minimum absolute atomic E-state index is 0.0975. The predicted molar refractivity (Wildman–Crippen MR) is 61.1 cm³/mol. The van der Waals surface area contributed by atoms with E-state index in [4.69, 9.17) is 0 Å². The zero-order chi connectivity index (χ0) is 11.5. The number of hydrogen-bond donors (Lipinski definition) is 0. The molecular weight excluding hydrogens is 174 g/mol. The van der Waals surface area contributed by atoms with Crippen molar-refractivity contribution >= 4 is 5.91 Å². The quantitative estimate of drug-likeness (QED) is 0.681. The second kappa shape index (κ2) is 4.81. The van der Waals surface area contributed by atoms with E-state index in [-0.39, 0.29) is 11.3 Å². The number of carbonyl (C=O) groups excluding carboxylic acids is 1. The predicted octanol–water partition coefficient (Wildman–Crippen LogP) is 2.93. The van der Waals surface area contributed by atoms with Gasteiger partial charge in [0.05, 0.1) is 0 Å². The molecule has 0 aromatic rings. The molecule has 0 bridgehead atoms. The molecule has 0 fully saturated rings. The summed E-state index contributed by atoms with van der Waals surface area (Å²) in [7, 11) is 1.88. The second-order valence-corrected chi connectivity index (χ2v) is 5.42. The molecule has 0 heterocycles. The van der Waals surface area contributed by atoms with Gasteiger partial charge in [-0.25, -0.2) is 0 Å². The van der Waals surface area contributed by atoms with E-state index in [1.54, 1.807) is 0 Å². The monoisotopic (exact) mass is 199 g/mol. The fourth-order valence-electron chi connectivity index (χ4n) is 1.01. The molecule has 0 radical (unpaired) electrons. The highest BCUT2D eigenvalue weighted by atomic mass is 16.2.